The van der Waals surface area contributed by atoms with E-state index in [2.05, 4.69) is 5.32 Å². The Balaban J connectivity index is 1.71. The maximum Gasteiger partial charge on any atom is 0.270 e. The monoisotopic (exact) mass is 287 g/mol. The Labute approximate surface area is 122 Å². The van der Waals surface area contributed by atoms with Gasteiger partial charge < -0.3 is 10.1 Å². The van der Waals surface area contributed by atoms with Gasteiger partial charge in [0, 0.05) is 24.8 Å². The molecule has 6 nitrogen and oxygen atoms in total. The minimum absolute atomic E-state index is 0.0556. The number of nitro groups is 1. The van der Waals surface area contributed by atoms with E-state index in [1.54, 1.807) is 6.07 Å². The standard InChI is InChI=1S/C15H17N3O3/c16-9-11-7-13(18(19)20)3-4-14(11)17-12-5-6-21-15(8-12)10-1-2-10/h3-4,7,10,12,15,17H,1-2,5-6,8H2. The van der Waals surface area contributed by atoms with Crippen LogP contribution in [0.1, 0.15) is 31.2 Å². The Morgan fingerprint density at radius 2 is 2.19 bits per heavy atom. The highest BCUT2D eigenvalue weighted by Crippen LogP contribution is 2.38. The summed E-state index contributed by atoms with van der Waals surface area (Å²) < 4.78 is 5.78. The zero-order valence-corrected chi connectivity index (χ0v) is 11.6. The normalized spacial score (nSPS) is 25.1. The summed E-state index contributed by atoms with van der Waals surface area (Å²) >= 11 is 0. The van der Waals surface area contributed by atoms with Crippen LogP contribution in [0.15, 0.2) is 18.2 Å². The van der Waals surface area contributed by atoms with Gasteiger partial charge in [-0.1, -0.05) is 0 Å². The predicted molar refractivity (Wildman–Crippen MR) is 76.9 cm³/mol. The largest absolute Gasteiger partial charge is 0.381 e. The lowest BCUT2D eigenvalue weighted by molar-refractivity contribution is -0.384. The van der Waals surface area contributed by atoms with Gasteiger partial charge >= 0.3 is 0 Å². The van der Waals surface area contributed by atoms with Crippen LogP contribution < -0.4 is 5.32 Å². The molecule has 2 unspecified atom stereocenters. The smallest absolute Gasteiger partial charge is 0.270 e. The second kappa shape index (κ2) is 5.70. The number of nitrogens with one attached hydrogen (secondary N) is 1. The number of nitrogens with zero attached hydrogens (tertiary/aromatic N) is 2. The van der Waals surface area contributed by atoms with Crippen molar-refractivity contribution in [1.82, 2.24) is 0 Å². The van der Waals surface area contributed by atoms with Gasteiger partial charge in [-0.25, -0.2) is 0 Å². The third-order valence-electron chi connectivity index (χ3n) is 4.16. The maximum atomic E-state index is 10.8. The lowest BCUT2D eigenvalue weighted by atomic mass is 9.99. The van der Waals surface area contributed by atoms with Gasteiger partial charge in [-0.05, 0) is 37.7 Å². The van der Waals surface area contributed by atoms with E-state index < -0.39 is 4.92 Å². The zero-order valence-electron chi connectivity index (χ0n) is 11.6. The summed E-state index contributed by atoms with van der Waals surface area (Å²) in [6, 6.07) is 6.66. The van der Waals surface area contributed by atoms with Gasteiger partial charge in [0.2, 0.25) is 0 Å². The fourth-order valence-corrected chi connectivity index (χ4v) is 2.84. The van der Waals surface area contributed by atoms with Crippen LogP contribution in [0, 0.1) is 27.4 Å². The fourth-order valence-electron chi connectivity index (χ4n) is 2.84. The number of nitro benzene ring substituents is 1. The molecular formula is C15H17N3O3. The summed E-state index contributed by atoms with van der Waals surface area (Å²) in [6.07, 6.45) is 4.65. The molecular weight excluding hydrogens is 270 g/mol. The third-order valence-corrected chi connectivity index (χ3v) is 4.16. The molecule has 6 heteroatoms. The van der Waals surface area contributed by atoms with Gasteiger partial charge in [0.1, 0.15) is 6.07 Å². The van der Waals surface area contributed by atoms with Crippen LogP contribution in [0.2, 0.25) is 0 Å². The molecule has 0 bridgehead atoms. The van der Waals surface area contributed by atoms with Crippen molar-refractivity contribution in [2.24, 2.45) is 5.92 Å². The van der Waals surface area contributed by atoms with Gasteiger partial charge in [-0.3, -0.25) is 10.1 Å². The molecule has 2 aliphatic rings. The first-order chi connectivity index (χ1) is 10.2. The number of hydrogen-bond donors (Lipinski definition) is 1. The molecule has 0 radical (unpaired) electrons. The number of nitriles is 1. The van der Waals surface area contributed by atoms with E-state index in [0.29, 0.717) is 23.3 Å². The Morgan fingerprint density at radius 3 is 2.86 bits per heavy atom. The number of anilines is 1. The van der Waals surface area contributed by atoms with Crippen LogP contribution in [-0.4, -0.2) is 23.7 Å². The van der Waals surface area contributed by atoms with Gasteiger partial charge in [0.15, 0.2) is 0 Å². The number of ether oxygens (including phenoxy) is 1. The molecule has 110 valence electrons. The average Bonchev–Trinajstić information content (AvgIpc) is 3.32. The molecule has 3 rings (SSSR count). The van der Waals surface area contributed by atoms with Crippen LogP contribution in [-0.2, 0) is 4.74 Å². The number of rotatable bonds is 4. The van der Waals surface area contributed by atoms with Crippen molar-refractivity contribution >= 4 is 11.4 Å². The molecule has 1 aromatic carbocycles. The summed E-state index contributed by atoms with van der Waals surface area (Å²) in [6.45, 7) is 0.730. The van der Waals surface area contributed by atoms with Crippen molar-refractivity contribution in [2.75, 3.05) is 11.9 Å². The van der Waals surface area contributed by atoms with Crippen LogP contribution in [0.5, 0.6) is 0 Å². The Morgan fingerprint density at radius 1 is 1.38 bits per heavy atom. The van der Waals surface area contributed by atoms with E-state index in [1.807, 2.05) is 6.07 Å². The van der Waals surface area contributed by atoms with Gasteiger partial charge in [0.05, 0.1) is 22.3 Å². The minimum atomic E-state index is -0.484. The van der Waals surface area contributed by atoms with Crippen molar-refractivity contribution in [1.29, 1.82) is 5.26 Å². The van der Waals surface area contributed by atoms with E-state index in [4.69, 9.17) is 10.00 Å². The minimum Gasteiger partial charge on any atom is -0.381 e. The van der Waals surface area contributed by atoms with E-state index in [1.165, 1.54) is 25.0 Å². The number of benzene rings is 1. The number of hydrogen-bond acceptors (Lipinski definition) is 5. The topological polar surface area (TPSA) is 88.2 Å². The first kappa shape index (κ1) is 13.8. The Kier molecular flexibility index (Phi) is 3.76. The van der Waals surface area contributed by atoms with Crippen molar-refractivity contribution in [3.8, 4) is 6.07 Å². The predicted octanol–water partition coefficient (Wildman–Crippen LogP) is 2.84. The SMILES string of the molecule is N#Cc1cc([N+](=O)[O-])ccc1NC1CCOC(C2CC2)C1. The van der Waals surface area contributed by atoms with Crippen molar-refractivity contribution in [3.63, 3.8) is 0 Å². The van der Waals surface area contributed by atoms with Crippen LogP contribution in [0.25, 0.3) is 0 Å². The molecule has 21 heavy (non-hydrogen) atoms. The van der Waals surface area contributed by atoms with E-state index >= 15 is 0 Å². The molecule has 0 amide bonds. The number of non-ortho nitro benzene ring substituents is 1. The highest BCUT2D eigenvalue weighted by molar-refractivity contribution is 5.61. The fraction of sp³-hybridized carbons (Fsp3) is 0.533. The molecule has 1 heterocycles. The van der Waals surface area contributed by atoms with Crippen LogP contribution in [0.4, 0.5) is 11.4 Å². The summed E-state index contributed by atoms with van der Waals surface area (Å²) in [5, 5.41) is 23.3. The van der Waals surface area contributed by atoms with Crippen molar-refractivity contribution < 1.29 is 9.66 Å². The van der Waals surface area contributed by atoms with E-state index in [9.17, 15) is 10.1 Å². The molecule has 0 aromatic heterocycles. The Hall–Kier alpha value is -2.13. The van der Waals surface area contributed by atoms with E-state index in [0.717, 1.165) is 19.4 Å². The van der Waals surface area contributed by atoms with Gasteiger partial charge in [0.25, 0.3) is 5.69 Å². The van der Waals surface area contributed by atoms with Crippen molar-refractivity contribution in [2.45, 2.75) is 37.8 Å². The highest BCUT2D eigenvalue weighted by Gasteiger charge is 2.35. The summed E-state index contributed by atoms with van der Waals surface area (Å²) in [5.74, 6) is 0.696. The second-order valence-electron chi connectivity index (χ2n) is 5.71. The maximum absolute atomic E-state index is 10.8. The molecule has 2 fully saturated rings. The molecule has 0 spiro atoms. The Bertz CT molecular complexity index is 592. The third kappa shape index (κ3) is 3.14. The van der Waals surface area contributed by atoms with Gasteiger partial charge in [-0.2, -0.15) is 5.26 Å². The lowest BCUT2D eigenvalue weighted by Gasteiger charge is -2.31. The molecule has 1 aliphatic carbocycles. The average molecular weight is 287 g/mol. The first-order valence-electron chi connectivity index (χ1n) is 7.24. The molecule has 1 aliphatic heterocycles. The summed E-state index contributed by atoms with van der Waals surface area (Å²) in [7, 11) is 0. The molecule has 1 saturated heterocycles. The quantitative estimate of drug-likeness (QED) is 0.679. The highest BCUT2D eigenvalue weighted by atomic mass is 16.6. The molecule has 1 saturated carbocycles. The van der Waals surface area contributed by atoms with Crippen molar-refractivity contribution in [3.05, 3.63) is 33.9 Å². The molecule has 2 atom stereocenters. The summed E-state index contributed by atoms with van der Waals surface area (Å²) in [4.78, 5) is 10.3. The second-order valence-corrected chi connectivity index (χ2v) is 5.71. The first-order valence-corrected chi connectivity index (χ1v) is 7.24. The lowest BCUT2D eigenvalue weighted by Crippen LogP contribution is -2.35. The summed E-state index contributed by atoms with van der Waals surface area (Å²) in [5.41, 5.74) is 0.933. The van der Waals surface area contributed by atoms with Crippen LogP contribution >= 0.6 is 0 Å². The molecule has 1 N–H and O–H groups in total. The zero-order chi connectivity index (χ0) is 14.8. The molecule has 1 aromatic rings. The van der Waals surface area contributed by atoms with Crippen LogP contribution in [0.3, 0.4) is 0 Å². The van der Waals surface area contributed by atoms with E-state index in [-0.39, 0.29) is 11.7 Å². The van der Waals surface area contributed by atoms with Gasteiger partial charge in [-0.15, -0.1) is 0 Å².